The van der Waals surface area contributed by atoms with Crippen molar-refractivity contribution >= 4 is 17.6 Å². The third-order valence-corrected chi connectivity index (χ3v) is 4.19. The van der Waals surface area contributed by atoms with Crippen molar-refractivity contribution in [2.24, 2.45) is 0 Å². The van der Waals surface area contributed by atoms with Crippen molar-refractivity contribution in [3.05, 3.63) is 70.3 Å². The van der Waals surface area contributed by atoms with E-state index in [4.69, 9.17) is 20.9 Å². The number of nitrogens with zero attached hydrogens (tertiary/aromatic N) is 2. The predicted octanol–water partition coefficient (Wildman–Crippen LogP) is 4.68. The number of benzene rings is 2. The van der Waals surface area contributed by atoms with Crippen LogP contribution in [-0.4, -0.2) is 16.1 Å². The number of halogens is 2. The van der Waals surface area contributed by atoms with Crippen molar-refractivity contribution in [3.63, 3.8) is 0 Å². The minimum absolute atomic E-state index is 0.0359. The second kappa shape index (κ2) is 7.66. The number of rotatable bonds is 5. The van der Waals surface area contributed by atoms with Crippen molar-refractivity contribution in [2.75, 3.05) is 0 Å². The van der Waals surface area contributed by atoms with Crippen LogP contribution in [0.25, 0.3) is 11.4 Å². The van der Waals surface area contributed by atoms with Crippen LogP contribution in [0.15, 0.2) is 47.0 Å². The Balaban J connectivity index is 1.68. The minimum atomic E-state index is -0.735. The summed E-state index contributed by atoms with van der Waals surface area (Å²) in [5.74, 6) is -0.457. The van der Waals surface area contributed by atoms with E-state index >= 15 is 0 Å². The molecule has 1 aromatic heterocycles. The molecule has 0 aliphatic rings. The summed E-state index contributed by atoms with van der Waals surface area (Å²) in [5.41, 5.74) is 1.68. The highest BCUT2D eigenvalue weighted by molar-refractivity contribution is 6.31. The van der Waals surface area contributed by atoms with Crippen LogP contribution in [0, 0.1) is 12.7 Å². The van der Waals surface area contributed by atoms with Gasteiger partial charge in [-0.3, -0.25) is 4.79 Å². The highest BCUT2D eigenvalue weighted by atomic mass is 35.5. The van der Waals surface area contributed by atoms with Crippen LogP contribution in [0.1, 0.15) is 30.0 Å². The van der Waals surface area contributed by atoms with E-state index in [1.807, 2.05) is 0 Å². The monoisotopic (exact) mass is 374 g/mol. The average Bonchev–Trinajstić information content (AvgIpc) is 3.09. The number of aromatic nitrogens is 2. The van der Waals surface area contributed by atoms with Gasteiger partial charge < -0.3 is 9.26 Å². The van der Waals surface area contributed by atoms with Gasteiger partial charge in [0.05, 0.1) is 6.42 Å². The summed E-state index contributed by atoms with van der Waals surface area (Å²) in [4.78, 5) is 16.3. The lowest BCUT2D eigenvalue weighted by atomic mass is 10.1. The van der Waals surface area contributed by atoms with Gasteiger partial charge in [-0.05, 0) is 37.1 Å². The molecule has 1 unspecified atom stereocenters. The molecule has 1 atom stereocenters. The van der Waals surface area contributed by atoms with Crippen LogP contribution in [0.5, 0.6) is 0 Å². The quantitative estimate of drug-likeness (QED) is 0.606. The lowest BCUT2D eigenvalue weighted by Gasteiger charge is -2.09. The summed E-state index contributed by atoms with van der Waals surface area (Å²) in [6.07, 6.45) is -0.699. The first-order chi connectivity index (χ1) is 12.4. The molecule has 0 bridgehead atoms. The number of esters is 1. The molecule has 0 fully saturated rings. The summed E-state index contributed by atoms with van der Waals surface area (Å²) in [6.45, 7) is 3.29. The van der Waals surface area contributed by atoms with E-state index in [1.54, 1.807) is 50.2 Å². The summed E-state index contributed by atoms with van der Waals surface area (Å²) in [7, 11) is 0. The Labute approximate surface area is 154 Å². The predicted molar refractivity (Wildman–Crippen MR) is 94.1 cm³/mol. The molecular formula is C19H16ClFN2O3. The van der Waals surface area contributed by atoms with Crippen LogP contribution < -0.4 is 0 Å². The van der Waals surface area contributed by atoms with E-state index in [0.717, 1.165) is 0 Å². The fourth-order valence-electron chi connectivity index (χ4n) is 2.34. The topological polar surface area (TPSA) is 65.2 Å². The first-order valence-electron chi connectivity index (χ1n) is 7.97. The van der Waals surface area contributed by atoms with E-state index in [9.17, 15) is 9.18 Å². The zero-order valence-corrected chi connectivity index (χ0v) is 15.0. The van der Waals surface area contributed by atoms with Crippen molar-refractivity contribution in [2.45, 2.75) is 26.4 Å². The van der Waals surface area contributed by atoms with Gasteiger partial charge in [0.15, 0.2) is 6.10 Å². The molecule has 3 aromatic rings. The third-order valence-electron chi connectivity index (χ3n) is 3.82. The molecule has 26 heavy (non-hydrogen) atoms. The van der Waals surface area contributed by atoms with Crippen LogP contribution in [0.4, 0.5) is 4.39 Å². The molecule has 2 aromatic carbocycles. The van der Waals surface area contributed by atoms with Gasteiger partial charge in [-0.25, -0.2) is 4.39 Å². The van der Waals surface area contributed by atoms with Crippen molar-refractivity contribution in [3.8, 4) is 11.4 Å². The van der Waals surface area contributed by atoms with Gasteiger partial charge in [-0.15, -0.1) is 0 Å². The maximum Gasteiger partial charge on any atom is 0.311 e. The van der Waals surface area contributed by atoms with Gasteiger partial charge in [0.1, 0.15) is 5.82 Å². The molecule has 0 radical (unpaired) electrons. The zero-order chi connectivity index (χ0) is 18.7. The number of carbonyl (C=O) groups excluding carboxylic acids is 1. The molecule has 0 aliphatic carbocycles. The number of aryl methyl sites for hydroxylation is 1. The Morgan fingerprint density at radius 2 is 2.08 bits per heavy atom. The molecule has 1 heterocycles. The smallest absolute Gasteiger partial charge is 0.311 e. The normalized spacial score (nSPS) is 12.0. The van der Waals surface area contributed by atoms with Crippen LogP contribution in [0.2, 0.25) is 5.02 Å². The van der Waals surface area contributed by atoms with E-state index < -0.39 is 12.1 Å². The molecule has 3 rings (SSSR count). The second-order valence-electron chi connectivity index (χ2n) is 5.82. The Morgan fingerprint density at radius 3 is 2.81 bits per heavy atom. The largest absolute Gasteiger partial charge is 0.452 e. The van der Waals surface area contributed by atoms with E-state index in [2.05, 4.69) is 10.1 Å². The molecule has 0 saturated carbocycles. The molecule has 0 spiro atoms. The molecule has 0 saturated heterocycles. The van der Waals surface area contributed by atoms with E-state index in [0.29, 0.717) is 21.7 Å². The van der Waals surface area contributed by atoms with Gasteiger partial charge in [0, 0.05) is 10.6 Å². The fourth-order valence-corrected chi connectivity index (χ4v) is 2.54. The fraction of sp³-hybridized carbons (Fsp3) is 0.211. The molecule has 0 N–H and O–H groups in total. The Hall–Kier alpha value is -2.73. The van der Waals surface area contributed by atoms with E-state index in [1.165, 1.54) is 6.07 Å². The van der Waals surface area contributed by atoms with Crippen molar-refractivity contribution < 1.29 is 18.4 Å². The highest BCUT2D eigenvalue weighted by Gasteiger charge is 2.20. The second-order valence-corrected chi connectivity index (χ2v) is 6.23. The first kappa shape index (κ1) is 18.1. The summed E-state index contributed by atoms with van der Waals surface area (Å²) >= 11 is 6.04. The highest BCUT2D eigenvalue weighted by Crippen LogP contribution is 2.23. The van der Waals surface area contributed by atoms with Gasteiger partial charge in [0.2, 0.25) is 5.82 Å². The number of ether oxygens (including phenoxy) is 1. The molecular weight excluding hydrogens is 359 g/mol. The lowest BCUT2D eigenvalue weighted by Crippen LogP contribution is -2.12. The SMILES string of the molecule is Cc1ccc(-c2noc(C(C)OC(=O)Cc3ccccc3Cl)n2)cc1F. The Bertz CT molecular complexity index is 942. The Kier molecular flexibility index (Phi) is 5.32. The van der Waals surface area contributed by atoms with Crippen LogP contribution in [0.3, 0.4) is 0 Å². The van der Waals surface area contributed by atoms with E-state index in [-0.39, 0.29) is 24.0 Å². The van der Waals surface area contributed by atoms with Gasteiger partial charge in [-0.2, -0.15) is 4.98 Å². The van der Waals surface area contributed by atoms with Gasteiger partial charge >= 0.3 is 5.97 Å². The number of carbonyl (C=O) groups is 1. The van der Waals surface area contributed by atoms with Crippen LogP contribution in [-0.2, 0) is 16.0 Å². The summed E-state index contributed by atoms with van der Waals surface area (Å²) in [6, 6.07) is 11.7. The standard InChI is InChI=1S/C19H16ClFN2O3/c1-11-7-8-14(9-16(11)21)18-22-19(26-23-18)12(2)25-17(24)10-13-5-3-4-6-15(13)20/h3-9,12H,10H2,1-2H3. The summed E-state index contributed by atoms with van der Waals surface area (Å²) in [5, 5.41) is 4.32. The third kappa shape index (κ3) is 4.08. The minimum Gasteiger partial charge on any atom is -0.452 e. The first-order valence-corrected chi connectivity index (χ1v) is 8.35. The summed E-state index contributed by atoms with van der Waals surface area (Å²) < 4.78 is 24.1. The van der Waals surface area contributed by atoms with Gasteiger partial charge in [-0.1, -0.05) is 47.1 Å². The van der Waals surface area contributed by atoms with Crippen molar-refractivity contribution in [1.82, 2.24) is 10.1 Å². The average molecular weight is 375 g/mol. The molecule has 5 nitrogen and oxygen atoms in total. The Morgan fingerprint density at radius 1 is 1.31 bits per heavy atom. The lowest BCUT2D eigenvalue weighted by molar-refractivity contribution is -0.148. The molecule has 0 amide bonds. The number of hydrogen-bond acceptors (Lipinski definition) is 5. The maximum absolute atomic E-state index is 13.7. The number of hydrogen-bond donors (Lipinski definition) is 0. The maximum atomic E-state index is 13.7. The van der Waals surface area contributed by atoms with Gasteiger partial charge in [0.25, 0.3) is 5.89 Å². The molecule has 0 aliphatic heterocycles. The van der Waals surface area contributed by atoms with Crippen molar-refractivity contribution in [1.29, 1.82) is 0 Å². The molecule has 134 valence electrons. The zero-order valence-electron chi connectivity index (χ0n) is 14.2. The van der Waals surface area contributed by atoms with Crippen LogP contribution >= 0.6 is 11.6 Å². The molecule has 7 heteroatoms.